The minimum atomic E-state index is -3.71. The summed E-state index contributed by atoms with van der Waals surface area (Å²) in [5, 5.41) is 0. The summed E-state index contributed by atoms with van der Waals surface area (Å²) in [7, 11) is -3.71. The van der Waals surface area contributed by atoms with Gasteiger partial charge in [-0.2, -0.15) is 0 Å². The molecule has 1 rings (SSSR count). The van der Waals surface area contributed by atoms with E-state index in [1.807, 2.05) is 6.92 Å². The van der Waals surface area contributed by atoms with Gasteiger partial charge in [-0.1, -0.05) is 0 Å². The first-order valence-electron chi connectivity index (χ1n) is 5.10. The minimum Gasteiger partial charge on any atom is -0.398 e. The maximum atomic E-state index is 12.8. The molecule has 0 bridgehead atoms. The number of sulfonamides is 1. The molecule has 0 fully saturated rings. The second-order valence-electron chi connectivity index (χ2n) is 3.28. The van der Waals surface area contributed by atoms with E-state index in [9.17, 15) is 12.8 Å². The zero-order chi connectivity index (χ0) is 12.9. The van der Waals surface area contributed by atoms with Crippen LogP contribution in [0.25, 0.3) is 0 Å². The summed E-state index contributed by atoms with van der Waals surface area (Å²) < 4.78 is 43.6. The van der Waals surface area contributed by atoms with E-state index in [4.69, 9.17) is 10.5 Å². The summed E-state index contributed by atoms with van der Waals surface area (Å²) in [5.74, 6) is -0.573. The summed E-state index contributed by atoms with van der Waals surface area (Å²) in [6.45, 7) is 2.75. The predicted octanol–water partition coefficient (Wildman–Crippen LogP) is 0.723. The fourth-order valence-corrected chi connectivity index (χ4v) is 2.36. The van der Waals surface area contributed by atoms with Crippen molar-refractivity contribution in [1.82, 2.24) is 4.72 Å². The lowest BCUT2D eigenvalue weighted by atomic mass is 10.3. The highest BCUT2D eigenvalue weighted by Crippen LogP contribution is 2.18. The van der Waals surface area contributed by atoms with Crippen molar-refractivity contribution < 1.29 is 17.5 Å². The molecule has 1 aromatic carbocycles. The van der Waals surface area contributed by atoms with Crippen LogP contribution in [-0.4, -0.2) is 28.2 Å². The Morgan fingerprint density at radius 3 is 2.76 bits per heavy atom. The quantitative estimate of drug-likeness (QED) is 0.584. The van der Waals surface area contributed by atoms with Crippen LogP contribution in [-0.2, 0) is 14.8 Å². The molecule has 0 aromatic heterocycles. The molecule has 0 amide bonds. The largest absolute Gasteiger partial charge is 0.398 e. The number of nitrogen functional groups attached to an aromatic ring is 1. The van der Waals surface area contributed by atoms with Gasteiger partial charge in [-0.05, 0) is 25.1 Å². The van der Waals surface area contributed by atoms with Gasteiger partial charge in [0.2, 0.25) is 10.0 Å². The minimum absolute atomic E-state index is 0.117. The van der Waals surface area contributed by atoms with Crippen LogP contribution in [0, 0.1) is 5.82 Å². The summed E-state index contributed by atoms with van der Waals surface area (Å²) in [6.07, 6.45) is 0. The first-order chi connectivity index (χ1) is 7.97. The Hall–Kier alpha value is -1.18. The van der Waals surface area contributed by atoms with Gasteiger partial charge in [-0.25, -0.2) is 17.5 Å². The van der Waals surface area contributed by atoms with Crippen molar-refractivity contribution >= 4 is 15.7 Å². The first-order valence-corrected chi connectivity index (χ1v) is 6.58. The van der Waals surface area contributed by atoms with Crippen LogP contribution >= 0.6 is 0 Å². The van der Waals surface area contributed by atoms with E-state index >= 15 is 0 Å². The van der Waals surface area contributed by atoms with Gasteiger partial charge in [0.05, 0.1) is 12.3 Å². The lowest BCUT2D eigenvalue weighted by Gasteiger charge is -2.08. The van der Waals surface area contributed by atoms with Crippen molar-refractivity contribution in [2.24, 2.45) is 0 Å². The molecular formula is C10H15FN2O3S. The van der Waals surface area contributed by atoms with E-state index in [-0.39, 0.29) is 23.7 Å². The molecule has 0 aliphatic carbocycles. The third-order valence-electron chi connectivity index (χ3n) is 2.00. The van der Waals surface area contributed by atoms with E-state index < -0.39 is 15.8 Å². The first kappa shape index (κ1) is 13.9. The summed E-state index contributed by atoms with van der Waals surface area (Å²) in [6, 6.07) is 3.15. The van der Waals surface area contributed by atoms with Crippen LogP contribution in [0.2, 0.25) is 0 Å². The monoisotopic (exact) mass is 262 g/mol. The molecule has 0 radical (unpaired) electrons. The number of nitrogens with two attached hydrogens (primary N) is 1. The Labute approximate surface area is 99.8 Å². The number of rotatable bonds is 6. The molecule has 0 aliphatic heterocycles. The summed E-state index contributed by atoms with van der Waals surface area (Å²) >= 11 is 0. The number of ether oxygens (including phenoxy) is 1. The van der Waals surface area contributed by atoms with Crippen molar-refractivity contribution in [3.05, 3.63) is 24.0 Å². The molecule has 0 heterocycles. The van der Waals surface area contributed by atoms with Gasteiger partial charge in [0.1, 0.15) is 10.7 Å². The third kappa shape index (κ3) is 3.95. The Balaban J connectivity index is 2.76. The SMILES string of the molecule is CCOCCNS(=O)(=O)c1ccc(F)cc1N. The van der Waals surface area contributed by atoms with Crippen molar-refractivity contribution in [3.8, 4) is 0 Å². The molecule has 0 unspecified atom stereocenters. The molecule has 0 aliphatic rings. The van der Waals surface area contributed by atoms with Crippen molar-refractivity contribution in [2.45, 2.75) is 11.8 Å². The van der Waals surface area contributed by atoms with Crippen LogP contribution in [0.5, 0.6) is 0 Å². The van der Waals surface area contributed by atoms with Crippen LogP contribution in [0.4, 0.5) is 10.1 Å². The van der Waals surface area contributed by atoms with E-state index in [1.54, 1.807) is 0 Å². The number of halogens is 1. The Kier molecular flexibility index (Phi) is 4.86. The number of anilines is 1. The highest BCUT2D eigenvalue weighted by atomic mass is 32.2. The molecule has 3 N–H and O–H groups in total. The van der Waals surface area contributed by atoms with Crippen LogP contribution < -0.4 is 10.5 Å². The number of nitrogens with one attached hydrogen (secondary N) is 1. The fraction of sp³-hybridized carbons (Fsp3) is 0.400. The average Bonchev–Trinajstić information content (AvgIpc) is 2.24. The van der Waals surface area contributed by atoms with Gasteiger partial charge in [-0.15, -0.1) is 0 Å². The normalized spacial score (nSPS) is 11.6. The van der Waals surface area contributed by atoms with Gasteiger partial charge < -0.3 is 10.5 Å². The maximum absolute atomic E-state index is 12.8. The molecule has 0 saturated heterocycles. The highest BCUT2D eigenvalue weighted by molar-refractivity contribution is 7.89. The zero-order valence-electron chi connectivity index (χ0n) is 9.44. The topological polar surface area (TPSA) is 81.4 Å². The van der Waals surface area contributed by atoms with E-state index in [1.165, 1.54) is 0 Å². The summed E-state index contributed by atoms with van der Waals surface area (Å²) in [5.41, 5.74) is 5.33. The second-order valence-corrected chi connectivity index (χ2v) is 5.01. The summed E-state index contributed by atoms with van der Waals surface area (Å²) in [4.78, 5) is -0.129. The maximum Gasteiger partial charge on any atom is 0.242 e. The van der Waals surface area contributed by atoms with Crippen molar-refractivity contribution in [2.75, 3.05) is 25.5 Å². The van der Waals surface area contributed by atoms with Crippen molar-refractivity contribution in [3.63, 3.8) is 0 Å². The molecule has 0 spiro atoms. The van der Waals surface area contributed by atoms with Gasteiger partial charge in [0.25, 0.3) is 0 Å². The molecule has 96 valence electrons. The molecule has 7 heteroatoms. The lowest BCUT2D eigenvalue weighted by molar-refractivity contribution is 0.153. The van der Waals surface area contributed by atoms with Gasteiger partial charge in [0, 0.05) is 13.2 Å². The molecule has 17 heavy (non-hydrogen) atoms. The van der Waals surface area contributed by atoms with Gasteiger partial charge in [-0.3, -0.25) is 0 Å². The Bertz CT molecular complexity index is 476. The van der Waals surface area contributed by atoms with Gasteiger partial charge >= 0.3 is 0 Å². The average molecular weight is 262 g/mol. The van der Waals surface area contributed by atoms with Crippen LogP contribution in [0.3, 0.4) is 0 Å². The number of hydrogen-bond acceptors (Lipinski definition) is 4. The fourth-order valence-electron chi connectivity index (χ4n) is 1.23. The second kappa shape index (κ2) is 5.95. The molecule has 5 nitrogen and oxygen atoms in total. The Morgan fingerprint density at radius 2 is 2.18 bits per heavy atom. The van der Waals surface area contributed by atoms with Gasteiger partial charge in [0.15, 0.2) is 0 Å². The highest BCUT2D eigenvalue weighted by Gasteiger charge is 2.16. The van der Waals surface area contributed by atoms with E-state index in [0.717, 1.165) is 18.2 Å². The third-order valence-corrected chi connectivity index (χ3v) is 3.54. The molecule has 0 saturated carbocycles. The van der Waals surface area contributed by atoms with Crippen LogP contribution in [0.15, 0.2) is 23.1 Å². The zero-order valence-corrected chi connectivity index (χ0v) is 10.3. The number of hydrogen-bond donors (Lipinski definition) is 2. The van der Waals surface area contributed by atoms with E-state index in [0.29, 0.717) is 6.61 Å². The standard InChI is InChI=1S/C10H15FN2O3S/c1-2-16-6-5-13-17(14,15)10-4-3-8(11)7-9(10)12/h3-4,7,13H,2,5-6,12H2,1H3. The smallest absolute Gasteiger partial charge is 0.242 e. The predicted molar refractivity (Wildman–Crippen MR) is 62.5 cm³/mol. The molecule has 1 aromatic rings. The van der Waals surface area contributed by atoms with Crippen molar-refractivity contribution in [1.29, 1.82) is 0 Å². The van der Waals surface area contributed by atoms with E-state index in [2.05, 4.69) is 4.72 Å². The molecule has 0 atom stereocenters. The lowest BCUT2D eigenvalue weighted by Crippen LogP contribution is -2.28. The molecular weight excluding hydrogens is 247 g/mol. The Morgan fingerprint density at radius 1 is 1.47 bits per heavy atom. The van der Waals surface area contributed by atoms with Crippen LogP contribution in [0.1, 0.15) is 6.92 Å². The number of benzene rings is 1.